The zero-order valence-electron chi connectivity index (χ0n) is 14.7. The molecule has 2 rings (SSSR count). The monoisotopic (exact) mass is 338 g/mol. The lowest BCUT2D eigenvalue weighted by molar-refractivity contribution is -0.141. The van der Waals surface area contributed by atoms with Gasteiger partial charge >= 0.3 is 0 Å². The maximum absolute atomic E-state index is 13.7. The molecule has 24 heavy (non-hydrogen) atoms. The Morgan fingerprint density at radius 1 is 1.42 bits per heavy atom. The highest BCUT2D eigenvalue weighted by molar-refractivity contribution is 5.83. The van der Waals surface area contributed by atoms with E-state index in [0.717, 1.165) is 0 Å². The summed E-state index contributed by atoms with van der Waals surface area (Å²) in [6.45, 7) is 8.29. The number of carbonyl (C=O) groups excluding carboxylic acids is 1. The molecule has 0 saturated carbocycles. The summed E-state index contributed by atoms with van der Waals surface area (Å²) in [7, 11) is 0. The van der Waals surface area contributed by atoms with Crippen LogP contribution in [0.15, 0.2) is 24.3 Å². The number of benzene rings is 1. The summed E-state index contributed by atoms with van der Waals surface area (Å²) < 4.78 is 19.1. The minimum atomic E-state index is -0.983. The molecule has 5 nitrogen and oxygen atoms in total. The molecule has 0 radical (unpaired) electrons. The number of ether oxygens (including phenoxy) is 1. The third-order valence-electron chi connectivity index (χ3n) is 4.08. The number of hydrogen-bond acceptors (Lipinski definition) is 4. The summed E-state index contributed by atoms with van der Waals surface area (Å²) in [6, 6.07) is 5.62. The highest BCUT2D eigenvalue weighted by atomic mass is 19.1. The highest BCUT2D eigenvalue weighted by Crippen LogP contribution is 2.25. The van der Waals surface area contributed by atoms with Crippen LogP contribution in [0.25, 0.3) is 0 Å². The first kappa shape index (κ1) is 18.8. The first-order valence-corrected chi connectivity index (χ1v) is 8.40. The van der Waals surface area contributed by atoms with Gasteiger partial charge in [0.2, 0.25) is 5.91 Å². The number of rotatable bonds is 6. The Labute approximate surface area is 143 Å². The molecule has 1 amide bonds. The predicted molar refractivity (Wildman–Crippen MR) is 90.1 cm³/mol. The normalized spacial score (nSPS) is 17.5. The molecule has 1 aliphatic rings. The van der Waals surface area contributed by atoms with Crippen LogP contribution >= 0.6 is 0 Å². The van der Waals surface area contributed by atoms with Crippen molar-refractivity contribution in [1.29, 1.82) is 0 Å². The van der Waals surface area contributed by atoms with E-state index in [9.17, 15) is 14.3 Å². The molecule has 1 aromatic carbocycles. The van der Waals surface area contributed by atoms with Crippen LogP contribution in [0.5, 0.6) is 0 Å². The number of aliphatic hydroxyl groups is 1. The molecule has 1 fully saturated rings. The fraction of sp³-hybridized carbons (Fsp3) is 0.611. The highest BCUT2D eigenvalue weighted by Gasteiger charge is 2.33. The Morgan fingerprint density at radius 2 is 2.08 bits per heavy atom. The molecule has 1 aliphatic heterocycles. The summed E-state index contributed by atoms with van der Waals surface area (Å²) in [5.41, 5.74) is -0.348. The summed E-state index contributed by atoms with van der Waals surface area (Å²) in [6.07, 6.45) is 0. The molecule has 134 valence electrons. The Balaban J connectivity index is 2.31. The molecule has 1 heterocycles. The second kappa shape index (κ2) is 8.05. The maximum Gasteiger partial charge on any atom is 0.244 e. The maximum atomic E-state index is 13.7. The molecule has 1 saturated heterocycles. The number of amides is 1. The van der Waals surface area contributed by atoms with Crippen LogP contribution in [0.4, 0.5) is 4.39 Å². The van der Waals surface area contributed by atoms with Gasteiger partial charge in [-0.15, -0.1) is 0 Å². The smallest absolute Gasteiger partial charge is 0.244 e. The molecule has 1 N–H and O–H groups in total. The lowest BCUT2D eigenvalue weighted by Gasteiger charge is -2.38. The third kappa shape index (κ3) is 5.00. The largest absolute Gasteiger partial charge is 0.389 e. The van der Waals surface area contributed by atoms with E-state index in [1.54, 1.807) is 30.9 Å². The molecular formula is C18H27FN2O3. The van der Waals surface area contributed by atoms with Crippen molar-refractivity contribution in [3.05, 3.63) is 35.6 Å². The van der Waals surface area contributed by atoms with Crippen LogP contribution < -0.4 is 0 Å². The number of hydrogen-bond donors (Lipinski definition) is 1. The first-order valence-electron chi connectivity index (χ1n) is 8.40. The van der Waals surface area contributed by atoms with Crippen molar-refractivity contribution in [1.82, 2.24) is 9.80 Å². The zero-order chi connectivity index (χ0) is 17.7. The van der Waals surface area contributed by atoms with Crippen LogP contribution in [0.2, 0.25) is 0 Å². The lowest BCUT2D eigenvalue weighted by Crippen LogP contribution is -2.50. The Bertz CT molecular complexity index is 553. The van der Waals surface area contributed by atoms with Gasteiger partial charge in [0.05, 0.1) is 18.8 Å². The predicted octanol–water partition coefficient (Wildman–Crippen LogP) is 1.82. The van der Waals surface area contributed by atoms with E-state index in [4.69, 9.17) is 4.74 Å². The number of halogens is 1. The van der Waals surface area contributed by atoms with Gasteiger partial charge in [0.1, 0.15) is 11.9 Å². The Kier molecular flexibility index (Phi) is 6.32. The van der Waals surface area contributed by atoms with Gasteiger partial charge in [-0.25, -0.2) is 4.39 Å². The first-order chi connectivity index (χ1) is 11.3. The molecule has 6 heteroatoms. The van der Waals surface area contributed by atoms with Crippen LogP contribution in [-0.4, -0.2) is 65.8 Å². The molecule has 0 bridgehead atoms. The second-order valence-corrected chi connectivity index (χ2v) is 6.77. The van der Waals surface area contributed by atoms with Crippen LogP contribution in [0, 0.1) is 5.82 Å². The molecule has 1 aromatic rings. The fourth-order valence-corrected chi connectivity index (χ4v) is 3.01. The summed E-state index contributed by atoms with van der Waals surface area (Å²) in [5.74, 6) is -0.476. The van der Waals surface area contributed by atoms with Crippen molar-refractivity contribution < 1.29 is 19.0 Å². The Morgan fingerprint density at radius 3 is 2.62 bits per heavy atom. The van der Waals surface area contributed by atoms with Gasteiger partial charge in [0.25, 0.3) is 0 Å². The zero-order valence-corrected chi connectivity index (χ0v) is 14.7. The Hall–Kier alpha value is -1.50. The minimum absolute atomic E-state index is 0.118. The summed E-state index contributed by atoms with van der Waals surface area (Å²) in [4.78, 5) is 16.8. The number of morpholine rings is 1. The molecular weight excluding hydrogens is 311 g/mol. The van der Waals surface area contributed by atoms with E-state index in [2.05, 4.69) is 0 Å². The topological polar surface area (TPSA) is 53.0 Å². The van der Waals surface area contributed by atoms with Gasteiger partial charge in [-0.05, 0) is 38.5 Å². The average Bonchev–Trinajstić information content (AvgIpc) is 2.53. The lowest BCUT2D eigenvalue weighted by atomic mass is 10.0. The SMILES string of the molecule is CCN(CC(C)(C)O)C(=O)C(c1cccc(F)c1)N1CCOCC1. The van der Waals surface area contributed by atoms with Gasteiger partial charge < -0.3 is 14.7 Å². The molecule has 1 unspecified atom stereocenters. The quantitative estimate of drug-likeness (QED) is 0.860. The van der Waals surface area contributed by atoms with Gasteiger partial charge in [-0.2, -0.15) is 0 Å². The number of nitrogens with zero attached hydrogens (tertiary/aromatic N) is 2. The number of likely N-dealkylation sites (N-methyl/N-ethyl adjacent to an activating group) is 1. The van der Waals surface area contributed by atoms with Gasteiger partial charge in [-0.3, -0.25) is 9.69 Å². The van der Waals surface area contributed by atoms with Crippen LogP contribution in [0.1, 0.15) is 32.4 Å². The molecule has 1 atom stereocenters. The van der Waals surface area contributed by atoms with Crippen molar-refractivity contribution in [2.24, 2.45) is 0 Å². The van der Waals surface area contributed by atoms with Crippen LogP contribution in [-0.2, 0) is 9.53 Å². The van der Waals surface area contributed by atoms with E-state index in [0.29, 0.717) is 38.4 Å². The van der Waals surface area contributed by atoms with Gasteiger partial charge in [0, 0.05) is 26.2 Å². The van der Waals surface area contributed by atoms with Crippen molar-refractivity contribution in [2.45, 2.75) is 32.4 Å². The van der Waals surface area contributed by atoms with Crippen molar-refractivity contribution in [2.75, 3.05) is 39.4 Å². The van der Waals surface area contributed by atoms with Crippen LogP contribution in [0.3, 0.4) is 0 Å². The number of carbonyl (C=O) groups is 1. The summed E-state index contributed by atoms with van der Waals surface area (Å²) >= 11 is 0. The van der Waals surface area contributed by atoms with E-state index in [-0.39, 0.29) is 18.3 Å². The van der Waals surface area contributed by atoms with E-state index < -0.39 is 11.6 Å². The standard InChI is InChI=1S/C18H27FN2O3/c1-4-20(13-18(2,3)23)17(22)16(21-8-10-24-11-9-21)14-6-5-7-15(19)12-14/h5-7,12,16,23H,4,8-11,13H2,1-3H3. The van der Waals surface area contributed by atoms with Crippen molar-refractivity contribution >= 4 is 5.91 Å². The summed E-state index contributed by atoms with van der Waals surface area (Å²) in [5, 5.41) is 10.1. The second-order valence-electron chi connectivity index (χ2n) is 6.77. The minimum Gasteiger partial charge on any atom is -0.389 e. The van der Waals surface area contributed by atoms with Crippen molar-refractivity contribution in [3.63, 3.8) is 0 Å². The van der Waals surface area contributed by atoms with Gasteiger partial charge in [-0.1, -0.05) is 12.1 Å². The third-order valence-corrected chi connectivity index (χ3v) is 4.08. The molecule has 0 aromatic heterocycles. The average molecular weight is 338 g/mol. The van der Waals surface area contributed by atoms with E-state index in [1.807, 2.05) is 11.8 Å². The molecule has 0 spiro atoms. The fourth-order valence-electron chi connectivity index (χ4n) is 3.01. The van der Waals surface area contributed by atoms with E-state index >= 15 is 0 Å². The molecule has 0 aliphatic carbocycles. The van der Waals surface area contributed by atoms with Crippen molar-refractivity contribution in [3.8, 4) is 0 Å². The van der Waals surface area contributed by atoms with E-state index in [1.165, 1.54) is 12.1 Å². The van der Waals surface area contributed by atoms with Gasteiger partial charge in [0.15, 0.2) is 0 Å².